The molecule has 0 heterocycles. The average molecular weight is 318 g/mol. The molecule has 1 aliphatic rings. The summed E-state index contributed by atoms with van der Waals surface area (Å²) in [6.45, 7) is 0. The molecule has 2 rings (SSSR count). The van der Waals surface area contributed by atoms with E-state index in [9.17, 15) is 10.2 Å². The highest BCUT2D eigenvalue weighted by molar-refractivity contribution is 5.85. The molecule has 1 saturated carbocycles. The Labute approximate surface area is 131 Å². The molecule has 0 aromatic heterocycles. The number of phenolic OH excluding ortho intramolecular Hbond substituents is 1. The molecule has 0 spiro atoms. The number of methoxy groups -OCH3 is 2. The molecule has 1 fully saturated rings. The quantitative estimate of drug-likeness (QED) is 0.776. The molecule has 1 aliphatic carbocycles. The molecule has 0 aliphatic heterocycles. The molecule has 0 bridgehead atoms. The fourth-order valence-electron chi connectivity index (χ4n) is 2.97. The Morgan fingerprint density at radius 3 is 2.33 bits per heavy atom. The largest absolute Gasteiger partial charge is 0.507 e. The maximum Gasteiger partial charge on any atom is 0.131 e. The van der Waals surface area contributed by atoms with Crippen LogP contribution in [0.4, 0.5) is 0 Å². The van der Waals surface area contributed by atoms with Gasteiger partial charge in [-0.15, -0.1) is 12.4 Å². The van der Waals surface area contributed by atoms with E-state index >= 15 is 0 Å². The SMILES string of the molecule is COc1cc(O)c([C@@H](N)[C@@H](O)C2CCCC2)c(OC)c1.Cl. The zero-order valence-electron chi connectivity index (χ0n) is 12.4. The van der Waals surface area contributed by atoms with E-state index in [-0.39, 0.29) is 24.1 Å². The summed E-state index contributed by atoms with van der Waals surface area (Å²) in [4.78, 5) is 0. The number of halogens is 1. The van der Waals surface area contributed by atoms with Gasteiger partial charge in [-0.1, -0.05) is 12.8 Å². The fourth-order valence-corrected chi connectivity index (χ4v) is 2.97. The van der Waals surface area contributed by atoms with Crippen molar-refractivity contribution in [2.45, 2.75) is 37.8 Å². The average Bonchev–Trinajstić information content (AvgIpc) is 2.98. The van der Waals surface area contributed by atoms with Gasteiger partial charge in [0.05, 0.1) is 31.9 Å². The summed E-state index contributed by atoms with van der Waals surface area (Å²) in [6, 6.07) is 2.48. The van der Waals surface area contributed by atoms with E-state index in [4.69, 9.17) is 15.2 Å². The van der Waals surface area contributed by atoms with E-state index in [1.165, 1.54) is 20.3 Å². The molecule has 0 saturated heterocycles. The predicted molar refractivity (Wildman–Crippen MR) is 83.4 cm³/mol. The van der Waals surface area contributed by atoms with Gasteiger partial charge in [0, 0.05) is 12.1 Å². The van der Waals surface area contributed by atoms with Crippen LogP contribution < -0.4 is 15.2 Å². The van der Waals surface area contributed by atoms with Gasteiger partial charge in [0.15, 0.2) is 0 Å². The van der Waals surface area contributed by atoms with Crippen LogP contribution in [0.2, 0.25) is 0 Å². The van der Waals surface area contributed by atoms with E-state index in [0.717, 1.165) is 25.7 Å². The number of nitrogens with two attached hydrogens (primary N) is 1. The number of ether oxygens (including phenoxy) is 2. The summed E-state index contributed by atoms with van der Waals surface area (Å²) in [7, 11) is 3.02. The Morgan fingerprint density at radius 2 is 1.81 bits per heavy atom. The lowest BCUT2D eigenvalue weighted by atomic mass is 9.90. The third kappa shape index (κ3) is 3.73. The molecule has 0 amide bonds. The summed E-state index contributed by atoms with van der Waals surface area (Å²) in [5.74, 6) is 1.11. The number of rotatable bonds is 5. The normalized spacial score (nSPS) is 17.9. The maximum absolute atomic E-state index is 10.4. The van der Waals surface area contributed by atoms with Gasteiger partial charge in [0.2, 0.25) is 0 Å². The lowest BCUT2D eigenvalue weighted by molar-refractivity contribution is 0.0826. The second-order valence-corrected chi connectivity index (χ2v) is 5.32. The standard InChI is InChI=1S/C15H23NO4.ClH/c1-19-10-7-11(17)13(12(8-10)20-2)14(16)15(18)9-5-3-4-6-9;/h7-9,14-15,17-18H,3-6,16H2,1-2H3;1H/t14-,15+;/m1./s1. The molecule has 4 N–H and O–H groups in total. The minimum Gasteiger partial charge on any atom is -0.507 e. The van der Waals surface area contributed by atoms with Gasteiger partial charge in [-0.3, -0.25) is 0 Å². The van der Waals surface area contributed by atoms with Gasteiger partial charge < -0.3 is 25.4 Å². The summed E-state index contributed by atoms with van der Waals surface area (Å²) in [5.41, 5.74) is 6.59. The van der Waals surface area contributed by atoms with Crippen molar-refractivity contribution in [1.82, 2.24) is 0 Å². The van der Waals surface area contributed by atoms with Crippen molar-refractivity contribution < 1.29 is 19.7 Å². The van der Waals surface area contributed by atoms with Crippen molar-refractivity contribution in [2.24, 2.45) is 11.7 Å². The maximum atomic E-state index is 10.4. The van der Waals surface area contributed by atoms with E-state index < -0.39 is 12.1 Å². The first-order chi connectivity index (χ1) is 9.58. The number of benzene rings is 1. The van der Waals surface area contributed by atoms with Crippen LogP contribution in [0.1, 0.15) is 37.3 Å². The number of hydrogen-bond acceptors (Lipinski definition) is 5. The molecular weight excluding hydrogens is 294 g/mol. The van der Waals surface area contributed by atoms with Gasteiger partial charge in [-0.25, -0.2) is 0 Å². The Morgan fingerprint density at radius 1 is 1.19 bits per heavy atom. The van der Waals surface area contributed by atoms with Crippen LogP contribution in [-0.4, -0.2) is 30.5 Å². The van der Waals surface area contributed by atoms with Crippen molar-refractivity contribution in [3.05, 3.63) is 17.7 Å². The van der Waals surface area contributed by atoms with Crippen LogP contribution in [-0.2, 0) is 0 Å². The zero-order chi connectivity index (χ0) is 14.7. The first kappa shape index (κ1) is 17.9. The number of phenols is 1. The van der Waals surface area contributed by atoms with Crippen LogP contribution in [0.15, 0.2) is 12.1 Å². The lowest BCUT2D eigenvalue weighted by Gasteiger charge is -2.26. The van der Waals surface area contributed by atoms with Crippen molar-refractivity contribution >= 4 is 12.4 Å². The van der Waals surface area contributed by atoms with E-state index in [0.29, 0.717) is 17.1 Å². The minimum atomic E-state index is -0.675. The second kappa shape index (κ2) is 7.73. The van der Waals surface area contributed by atoms with E-state index in [1.807, 2.05) is 0 Å². The van der Waals surface area contributed by atoms with Gasteiger partial charge >= 0.3 is 0 Å². The summed E-state index contributed by atoms with van der Waals surface area (Å²) < 4.78 is 10.4. The third-order valence-electron chi connectivity index (χ3n) is 4.13. The Kier molecular flexibility index (Phi) is 6.58. The van der Waals surface area contributed by atoms with E-state index in [2.05, 4.69) is 0 Å². The van der Waals surface area contributed by atoms with Gasteiger partial charge in [-0.05, 0) is 18.8 Å². The first-order valence-electron chi connectivity index (χ1n) is 6.97. The molecule has 0 radical (unpaired) electrons. The smallest absolute Gasteiger partial charge is 0.131 e. The van der Waals surface area contributed by atoms with Crippen molar-refractivity contribution in [2.75, 3.05) is 14.2 Å². The monoisotopic (exact) mass is 317 g/mol. The number of aliphatic hydroxyl groups is 1. The Balaban J connectivity index is 0.00000220. The van der Waals surface area contributed by atoms with Crippen LogP contribution in [0.25, 0.3) is 0 Å². The highest BCUT2D eigenvalue weighted by atomic mass is 35.5. The Bertz CT molecular complexity index is 463. The summed E-state index contributed by atoms with van der Waals surface area (Å²) >= 11 is 0. The van der Waals surface area contributed by atoms with Crippen LogP contribution >= 0.6 is 12.4 Å². The molecule has 120 valence electrons. The third-order valence-corrected chi connectivity index (χ3v) is 4.13. The summed E-state index contributed by atoms with van der Waals surface area (Å²) in [6.07, 6.45) is 3.54. The minimum absolute atomic E-state index is 0. The van der Waals surface area contributed by atoms with Crippen molar-refractivity contribution in [1.29, 1.82) is 0 Å². The molecule has 6 heteroatoms. The Hall–Kier alpha value is -1.17. The number of hydrogen-bond donors (Lipinski definition) is 3. The van der Waals surface area contributed by atoms with Crippen molar-refractivity contribution in [3.8, 4) is 17.2 Å². The van der Waals surface area contributed by atoms with E-state index in [1.54, 1.807) is 6.07 Å². The molecule has 21 heavy (non-hydrogen) atoms. The molecule has 1 aromatic rings. The zero-order valence-corrected chi connectivity index (χ0v) is 13.2. The highest BCUT2D eigenvalue weighted by Crippen LogP contribution is 2.41. The molecule has 5 nitrogen and oxygen atoms in total. The van der Waals surface area contributed by atoms with Gasteiger partial charge in [-0.2, -0.15) is 0 Å². The first-order valence-corrected chi connectivity index (χ1v) is 6.97. The number of aromatic hydroxyl groups is 1. The summed E-state index contributed by atoms with van der Waals surface area (Å²) in [5, 5.41) is 20.6. The second-order valence-electron chi connectivity index (χ2n) is 5.32. The van der Waals surface area contributed by atoms with Crippen LogP contribution in [0.5, 0.6) is 17.2 Å². The number of aliphatic hydroxyl groups excluding tert-OH is 1. The fraction of sp³-hybridized carbons (Fsp3) is 0.600. The van der Waals surface area contributed by atoms with Crippen LogP contribution in [0.3, 0.4) is 0 Å². The topological polar surface area (TPSA) is 84.9 Å². The molecular formula is C15H24ClNO4. The molecule has 2 atom stereocenters. The molecule has 1 aromatic carbocycles. The lowest BCUT2D eigenvalue weighted by Crippen LogP contribution is -2.32. The highest BCUT2D eigenvalue weighted by Gasteiger charge is 2.32. The molecule has 0 unspecified atom stereocenters. The predicted octanol–water partition coefficient (Wildman–Crippen LogP) is 2.38. The van der Waals surface area contributed by atoms with Crippen molar-refractivity contribution in [3.63, 3.8) is 0 Å². The van der Waals surface area contributed by atoms with Gasteiger partial charge in [0.1, 0.15) is 17.2 Å². The van der Waals surface area contributed by atoms with Crippen LogP contribution in [0, 0.1) is 5.92 Å². The van der Waals surface area contributed by atoms with Gasteiger partial charge in [0.25, 0.3) is 0 Å².